The number of fused-ring (bicyclic) bond motifs is 1. The molecular formula is C20H19ClN2O3. The van der Waals surface area contributed by atoms with Crippen molar-refractivity contribution in [3.63, 3.8) is 0 Å². The molecule has 0 fully saturated rings. The topological polar surface area (TPSA) is 67.8 Å². The lowest BCUT2D eigenvalue weighted by Gasteiger charge is -2.28. The zero-order valence-corrected chi connectivity index (χ0v) is 15.3. The fraction of sp³-hybridized carbons (Fsp3) is 0.250. The third kappa shape index (κ3) is 3.63. The molecule has 6 heteroatoms. The van der Waals surface area contributed by atoms with Gasteiger partial charge >= 0.3 is 5.97 Å². The molecule has 5 nitrogen and oxygen atoms in total. The molecule has 1 unspecified atom stereocenters. The summed E-state index contributed by atoms with van der Waals surface area (Å²) >= 11 is 5.92. The Bertz CT molecular complexity index is 864. The van der Waals surface area contributed by atoms with Gasteiger partial charge < -0.3 is 10.1 Å². The number of carbonyl (C=O) groups excluding carboxylic acids is 2. The fourth-order valence-corrected chi connectivity index (χ4v) is 3.08. The number of rotatable bonds is 5. The minimum absolute atomic E-state index is 0.0334. The maximum absolute atomic E-state index is 12.5. The Morgan fingerprint density at radius 3 is 2.73 bits per heavy atom. The number of nitrogens with zero attached hydrogens (tertiary/aromatic N) is 1. The Morgan fingerprint density at radius 1 is 1.31 bits per heavy atom. The number of allylic oxidation sites excluding steroid dienone is 4. The van der Waals surface area contributed by atoms with Crippen LogP contribution in [0.4, 0.5) is 0 Å². The van der Waals surface area contributed by atoms with Crippen LogP contribution in [-0.4, -0.2) is 24.2 Å². The molecule has 0 aromatic heterocycles. The Labute approximate surface area is 157 Å². The highest BCUT2D eigenvalue weighted by Crippen LogP contribution is 2.29. The van der Waals surface area contributed by atoms with Gasteiger partial charge in [0.25, 0.3) is 5.91 Å². The average Bonchev–Trinajstić information content (AvgIpc) is 2.62. The highest BCUT2D eigenvalue weighted by atomic mass is 35.5. The van der Waals surface area contributed by atoms with Crippen LogP contribution in [0, 0.1) is 5.92 Å². The zero-order chi connectivity index (χ0) is 18.7. The SMILES string of the molecule is CCOC(=O)C1=C(NCc2ccc(Cl)cc2)C2C=CC=C(C)C2=NC1=O. The summed E-state index contributed by atoms with van der Waals surface area (Å²) < 4.78 is 5.07. The molecule has 0 bridgehead atoms. The van der Waals surface area contributed by atoms with Crippen molar-refractivity contribution in [2.45, 2.75) is 20.4 Å². The Morgan fingerprint density at radius 2 is 2.04 bits per heavy atom. The Kier molecular flexibility index (Phi) is 5.38. The normalized spacial score (nSPS) is 18.9. The maximum Gasteiger partial charge on any atom is 0.345 e. The van der Waals surface area contributed by atoms with E-state index >= 15 is 0 Å². The number of hydrogen-bond acceptors (Lipinski definition) is 4. The second-order valence-electron chi connectivity index (χ2n) is 6.00. The van der Waals surface area contributed by atoms with Gasteiger partial charge in [-0.15, -0.1) is 0 Å². The van der Waals surface area contributed by atoms with Crippen LogP contribution in [0.15, 0.2) is 64.3 Å². The minimum Gasteiger partial charge on any atom is -0.462 e. The summed E-state index contributed by atoms with van der Waals surface area (Å²) in [6.45, 7) is 4.24. The summed E-state index contributed by atoms with van der Waals surface area (Å²) in [4.78, 5) is 29.0. The highest BCUT2D eigenvalue weighted by molar-refractivity contribution is 6.30. The van der Waals surface area contributed by atoms with Gasteiger partial charge in [-0.2, -0.15) is 0 Å². The molecule has 2 aliphatic rings. The number of aliphatic imine (C=N–C) groups is 1. The van der Waals surface area contributed by atoms with Crippen molar-refractivity contribution < 1.29 is 14.3 Å². The van der Waals surface area contributed by atoms with E-state index in [-0.39, 0.29) is 18.1 Å². The molecular weight excluding hydrogens is 352 g/mol. The number of amides is 1. The van der Waals surface area contributed by atoms with Crippen molar-refractivity contribution in [3.05, 3.63) is 69.9 Å². The Balaban J connectivity index is 1.95. The van der Waals surface area contributed by atoms with E-state index in [4.69, 9.17) is 16.3 Å². The van der Waals surface area contributed by atoms with Gasteiger partial charge in [0.2, 0.25) is 0 Å². The van der Waals surface area contributed by atoms with Crippen LogP contribution >= 0.6 is 11.6 Å². The largest absolute Gasteiger partial charge is 0.462 e. The highest BCUT2D eigenvalue weighted by Gasteiger charge is 2.36. The van der Waals surface area contributed by atoms with Gasteiger partial charge in [-0.1, -0.05) is 42.0 Å². The first-order valence-corrected chi connectivity index (χ1v) is 8.77. The molecule has 0 spiro atoms. The van der Waals surface area contributed by atoms with E-state index in [1.165, 1.54) is 0 Å². The molecule has 0 saturated carbocycles. The number of esters is 1. The summed E-state index contributed by atoms with van der Waals surface area (Å²) in [6.07, 6.45) is 5.72. The van der Waals surface area contributed by atoms with Crippen molar-refractivity contribution in [1.82, 2.24) is 5.32 Å². The van der Waals surface area contributed by atoms with E-state index in [0.717, 1.165) is 11.1 Å². The first kappa shape index (κ1) is 18.1. The predicted molar refractivity (Wildman–Crippen MR) is 101 cm³/mol. The van der Waals surface area contributed by atoms with E-state index < -0.39 is 11.9 Å². The summed E-state index contributed by atoms with van der Waals surface area (Å²) in [5, 5.41) is 3.90. The van der Waals surface area contributed by atoms with Crippen LogP contribution in [0.1, 0.15) is 19.4 Å². The van der Waals surface area contributed by atoms with E-state index in [9.17, 15) is 9.59 Å². The van der Waals surface area contributed by atoms with Crippen molar-refractivity contribution in [2.75, 3.05) is 6.61 Å². The molecule has 1 aliphatic heterocycles. The van der Waals surface area contributed by atoms with Gasteiger partial charge in [0.05, 0.1) is 18.2 Å². The van der Waals surface area contributed by atoms with Crippen molar-refractivity contribution in [3.8, 4) is 0 Å². The third-order valence-electron chi connectivity index (χ3n) is 4.24. The number of carbonyl (C=O) groups is 2. The van der Waals surface area contributed by atoms with E-state index in [1.807, 2.05) is 37.3 Å². The molecule has 0 radical (unpaired) electrons. The van der Waals surface area contributed by atoms with Crippen LogP contribution in [-0.2, 0) is 20.9 Å². The molecule has 1 heterocycles. The summed E-state index contributed by atoms with van der Waals surface area (Å²) in [6, 6.07) is 7.37. The summed E-state index contributed by atoms with van der Waals surface area (Å²) in [5.41, 5.74) is 3.03. The van der Waals surface area contributed by atoms with Crippen molar-refractivity contribution in [1.29, 1.82) is 0 Å². The third-order valence-corrected chi connectivity index (χ3v) is 4.49. The number of benzene rings is 1. The van der Waals surface area contributed by atoms with Crippen molar-refractivity contribution in [2.24, 2.45) is 10.9 Å². The molecule has 26 heavy (non-hydrogen) atoms. The molecule has 0 saturated heterocycles. The van der Waals surface area contributed by atoms with E-state index in [0.29, 0.717) is 23.0 Å². The predicted octanol–water partition coefficient (Wildman–Crippen LogP) is 3.36. The molecule has 134 valence electrons. The smallest absolute Gasteiger partial charge is 0.345 e. The zero-order valence-electron chi connectivity index (χ0n) is 14.6. The lowest BCUT2D eigenvalue weighted by atomic mass is 9.85. The lowest BCUT2D eigenvalue weighted by molar-refractivity contribution is -0.140. The van der Waals surface area contributed by atoms with Gasteiger partial charge in [-0.05, 0) is 37.1 Å². The van der Waals surface area contributed by atoms with E-state index in [2.05, 4.69) is 10.3 Å². The lowest BCUT2D eigenvalue weighted by Crippen LogP contribution is -2.36. The van der Waals surface area contributed by atoms with Crippen LogP contribution in [0.3, 0.4) is 0 Å². The molecule has 1 aromatic rings. The molecule has 1 aromatic carbocycles. The summed E-state index contributed by atoms with van der Waals surface area (Å²) in [5.74, 6) is -1.50. The number of halogens is 1. The van der Waals surface area contributed by atoms with Gasteiger partial charge in [0, 0.05) is 17.3 Å². The first-order chi connectivity index (χ1) is 12.5. The molecule has 1 amide bonds. The van der Waals surface area contributed by atoms with Crippen molar-refractivity contribution >= 4 is 29.2 Å². The minimum atomic E-state index is -0.653. The van der Waals surface area contributed by atoms with Crippen LogP contribution < -0.4 is 5.32 Å². The number of dihydropyridines is 1. The average molecular weight is 371 g/mol. The summed E-state index contributed by atoms with van der Waals surface area (Å²) in [7, 11) is 0. The fourth-order valence-electron chi connectivity index (χ4n) is 2.96. The standard InChI is InChI=1S/C20H19ClN2O3/c1-3-26-20(25)16-18(22-11-13-7-9-14(21)10-8-13)15-6-4-5-12(2)17(15)23-19(16)24/h4-10,15,22H,3,11H2,1-2H3. The van der Waals surface area contributed by atoms with Gasteiger partial charge in [-0.3, -0.25) is 4.79 Å². The molecule has 3 rings (SSSR count). The molecule has 1 atom stereocenters. The monoisotopic (exact) mass is 370 g/mol. The van der Waals surface area contributed by atoms with Gasteiger partial charge in [0.15, 0.2) is 0 Å². The molecule has 1 aliphatic carbocycles. The number of hydrogen-bond donors (Lipinski definition) is 1. The second kappa shape index (κ2) is 7.70. The second-order valence-corrected chi connectivity index (χ2v) is 6.44. The quantitative estimate of drug-likeness (QED) is 0.637. The van der Waals surface area contributed by atoms with Crippen LogP contribution in [0.25, 0.3) is 0 Å². The van der Waals surface area contributed by atoms with Crippen LogP contribution in [0.5, 0.6) is 0 Å². The number of nitrogens with one attached hydrogen (secondary N) is 1. The number of ether oxygens (including phenoxy) is 1. The van der Waals surface area contributed by atoms with Gasteiger partial charge in [-0.25, -0.2) is 9.79 Å². The van der Waals surface area contributed by atoms with Crippen LogP contribution in [0.2, 0.25) is 5.02 Å². The first-order valence-electron chi connectivity index (χ1n) is 8.39. The maximum atomic E-state index is 12.5. The molecule has 1 N–H and O–H groups in total. The van der Waals surface area contributed by atoms with Gasteiger partial charge in [0.1, 0.15) is 5.57 Å². The van der Waals surface area contributed by atoms with E-state index in [1.54, 1.807) is 19.1 Å². The Hall–Kier alpha value is -2.66.